The Balaban J connectivity index is 0.000000209. The summed E-state index contributed by atoms with van der Waals surface area (Å²) in [5.74, 6) is 4.85. The van der Waals surface area contributed by atoms with Gasteiger partial charge in [0.15, 0.2) is 0 Å². The first-order valence-electron chi connectivity index (χ1n) is 37.8. The lowest BCUT2D eigenvalue weighted by Gasteiger charge is -2.37. The van der Waals surface area contributed by atoms with E-state index < -0.39 is 26.3 Å². The van der Waals surface area contributed by atoms with E-state index in [9.17, 15) is 18.0 Å². The molecule has 10 aromatic rings. The summed E-state index contributed by atoms with van der Waals surface area (Å²) in [4.78, 5) is 30.3. The monoisotopic (exact) mass is 1510 g/mol. The van der Waals surface area contributed by atoms with Gasteiger partial charge in [-0.25, -0.2) is 13.1 Å². The van der Waals surface area contributed by atoms with E-state index in [0.717, 1.165) is 101 Å². The molecule has 4 N–H and O–H groups in total. The van der Waals surface area contributed by atoms with Crippen LogP contribution in [0, 0.1) is 16.2 Å². The second-order valence-electron chi connectivity index (χ2n) is 29.9. The van der Waals surface area contributed by atoms with Gasteiger partial charge in [-0.1, -0.05) is 123 Å². The third-order valence-corrected chi connectivity index (χ3v) is 20.7. The molecule has 0 fully saturated rings. The zero-order valence-electron chi connectivity index (χ0n) is 67.1. The van der Waals surface area contributed by atoms with Crippen LogP contribution in [-0.2, 0) is 75.5 Å². The Morgan fingerprint density at radius 1 is 0.369 bits per heavy atom. The van der Waals surface area contributed by atoms with E-state index in [1.807, 2.05) is 265 Å². The predicted octanol–water partition coefficient (Wildman–Crippen LogP) is 20.0. The van der Waals surface area contributed by atoms with Crippen molar-refractivity contribution >= 4 is 39.0 Å². The first-order valence-corrected chi connectivity index (χ1v) is 39.3. The summed E-state index contributed by atoms with van der Waals surface area (Å²) in [6, 6.07) is 79.2. The maximum absolute atomic E-state index is 13.3. The molecule has 0 aliphatic carbocycles. The molecule has 0 atom stereocenters. The van der Waals surface area contributed by atoms with Crippen molar-refractivity contribution in [1.82, 2.24) is 14.5 Å². The molecule has 0 bridgehead atoms. The topological polar surface area (TPSA) is 214 Å². The number of nitrogens with zero attached hydrogens (tertiary/aromatic N) is 2. The number of hydrogen-bond donors (Lipinski definition) is 4. The summed E-state index contributed by atoms with van der Waals surface area (Å²) in [7, 11) is -3.57. The van der Waals surface area contributed by atoms with Crippen LogP contribution in [0.5, 0.6) is 34.5 Å². The van der Waals surface area contributed by atoms with Crippen LogP contribution in [0.2, 0.25) is 0 Å². The largest absolute Gasteiger partial charge is 0.489 e. The normalized spacial score (nSPS) is 11.4. The average molecular weight is 1520 g/mol. The molecule has 0 heterocycles. The van der Waals surface area contributed by atoms with E-state index in [2.05, 4.69) is 50.6 Å². The van der Waals surface area contributed by atoms with Crippen LogP contribution in [0.25, 0.3) is 0 Å². The van der Waals surface area contributed by atoms with E-state index in [0.29, 0.717) is 69.9 Å². The summed E-state index contributed by atoms with van der Waals surface area (Å²) >= 11 is 0. The third-order valence-electron chi connectivity index (χ3n) is 19.3. The molecule has 0 radical (unpaired) electrons. The fourth-order valence-electron chi connectivity index (χ4n) is 12.4. The van der Waals surface area contributed by atoms with Crippen LogP contribution < -0.4 is 33.1 Å². The lowest BCUT2D eigenvalue weighted by molar-refractivity contribution is -0.140. The van der Waals surface area contributed by atoms with Gasteiger partial charge in [-0.15, -0.1) is 0 Å². The van der Waals surface area contributed by atoms with Crippen molar-refractivity contribution in [2.75, 3.05) is 19.6 Å². The standard InChI is InChI=1S/C32H34N2O4S.C32H40N2O3.C30H36N2O3/c1-24(33)27-12-16-29(17-13-27)37-21-25-8-7-9-26(20-25)22-38-30-18-14-28(15-19-30)32(2,3)23-34-39(35,36)31-10-5-4-6-11-31;1-22(2)34(23(3)4)31(35)32(6,7)28-13-17-30(18-14-28)37-21-26-10-8-9-25(19-26)20-36-29-15-11-27(12-16-29)24(5)33;1-6-32(7-2)29(33)30(4,5)26-13-17-28(18-14-26)35-21-24-10-8-9-23(19-24)20-34-27-15-11-25(12-16-27)22(3)31/h4-20,33-34H,21-23H2,1-3H3;8-19,22-23,33H,20-21H2,1-7H3;8-19,31H,6-7,20-21H2,1-5H3. The van der Waals surface area contributed by atoms with Gasteiger partial charge in [0.05, 0.1) is 15.7 Å². The molecular weight excluding hydrogens is 1410 g/mol. The van der Waals surface area contributed by atoms with Gasteiger partial charge in [-0.3, -0.25) is 9.59 Å². The highest BCUT2D eigenvalue weighted by atomic mass is 32.2. The molecule has 582 valence electrons. The highest BCUT2D eigenvalue weighted by Gasteiger charge is 2.37. The smallest absolute Gasteiger partial charge is 0.240 e. The number of carbonyl (C=O) groups excluding carboxylic acids is 2. The zero-order valence-corrected chi connectivity index (χ0v) is 67.9. The number of sulfonamides is 1. The van der Waals surface area contributed by atoms with E-state index in [1.165, 1.54) is 0 Å². The number of rotatable bonds is 34. The van der Waals surface area contributed by atoms with E-state index in [1.54, 1.807) is 51.1 Å². The maximum atomic E-state index is 13.3. The van der Waals surface area contributed by atoms with Crippen molar-refractivity contribution in [1.29, 1.82) is 16.2 Å². The number of likely N-dealkylation sites (N-methyl/N-ethyl adjacent to an activating group) is 1. The molecule has 16 nitrogen and oxygen atoms in total. The van der Waals surface area contributed by atoms with Gasteiger partial charge in [0.25, 0.3) is 0 Å². The Morgan fingerprint density at radius 2 is 0.631 bits per heavy atom. The number of hydrogen-bond acceptors (Lipinski definition) is 13. The summed E-state index contributed by atoms with van der Waals surface area (Å²) in [6.07, 6.45) is 0. The van der Waals surface area contributed by atoms with Crippen molar-refractivity contribution in [2.24, 2.45) is 0 Å². The van der Waals surface area contributed by atoms with Crippen molar-refractivity contribution in [3.63, 3.8) is 0 Å². The van der Waals surface area contributed by atoms with Crippen LogP contribution in [0.4, 0.5) is 0 Å². The molecule has 0 aliphatic heterocycles. The maximum Gasteiger partial charge on any atom is 0.240 e. The van der Waals surface area contributed by atoms with E-state index >= 15 is 0 Å². The van der Waals surface area contributed by atoms with Gasteiger partial charge in [0.2, 0.25) is 21.8 Å². The first-order chi connectivity index (χ1) is 52.8. The Labute approximate surface area is 658 Å². The predicted molar refractivity (Wildman–Crippen MR) is 447 cm³/mol. The molecule has 0 saturated carbocycles. The second kappa shape index (κ2) is 40.0. The Bertz CT molecular complexity index is 4780. The van der Waals surface area contributed by atoms with Crippen LogP contribution in [0.3, 0.4) is 0 Å². The van der Waals surface area contributed by atoms with E-state index in [4.69, 9.17) is 44.6 Å². The molecular formula is C94H110N6O10S. The molecule has 2 amide bonds. The van der Waals surface area contributed by atoms with Crippen LogP contribution in [0.15, 0.2) is 254 Å². The Kier molecular flexibility index (Phi) is 30.8. The van der Waals surface area contributed by atoms with Gasteiger partial charge in [0, 0.05) is 54.3 Å². The number of benzene rings is 10. The summed E-state index contributed by atoms with van der Waals surface area (Å²) in [5.41, 5.74) is 11.9. The van der Waals surface area contributed by atoms with Gasteiger partial charge in [-0.05, 0) is 296 Å². The minimum absolute atomic E-state index is 0.131. The van der Waals surface area contributed by atoms with Gasteiger partial charge >= 0.3 is 0 Å². The van der Waals surface area contributed by atoms with E-state index in [-0.39, 0.29) is 35.3 Å². The lowest BCUT2D eigenvalue weighted by Crippen LogP contribution is -2.50. The summed E-state index contributed by atoms with van der Waals surface area (Å²) in [5, 5.41) is 23.1. The molecule has 0 aliphatic rings. The quantitative estimate of drug-likeness (QED) is 0.0280. The third kappa shape index (κ3) is 25.2. The second-order valence-corrected chi connectivity index (χ2v) is 31.6. The van der Waals surface area contributed by atoms with Crippen LogP contribution in [-0.4, -0.2) is 78.9 Å². The highest BCUT2D eigenvalue weighted by molar-refractivity contribution is 7.89. The number of nitrogens with one attached hydrogen (secondary N) is 4. The van der Waals surface area contributed by atoms with Gasteiger partial charge in [0.1, 0.15) is 74.1 Å². The van der Waals surface area contributed by atoms with Crippen molar-refractivity contribution in [3.8, 4) is 34.5 Å². The highest BCUT2D eigenvalue weighted by Crippen LogP contribution is 2.32. The minimum atomic E-state index is -3.57. The Hall–Kier alpha value is -11.1. The molecule has 10 rings (SSSR count). The molecule has 10 aromatic carbocycles. The van der Waals surface area contributed by atoms with Crippen molar-refractivity contribution < 1.29 is 46.4 Å². The first kappa shape index (κ1) is 85.5. The summed E-state index contributed by atoms with van der Waals surface area (Å²) < 4.78 is 63.7. The fraction of sp³-hybridized carbons (Fsp3) is 0.309. The lowest BCUT2D eigenvalue weighted by atomic mass is 9.82. The van der Waals surface area contributed by atoms with Gasteiger partial charge in [-0.2, -0.15) is 0 Å². The number of ether oxygens (including phenoxy) is 6. The van der Waals surface area contributed by atoms with Crippen molar-refractivity contribution in [3.05, 3.63) is 315 Å². The van der Waals surface area contributed by atoms with Crippen molar-refractivity contribution in [2.45, 2.75) is 177 Å². The SMILES string of the molecule is CC(=N)c1ccc(OCc2cccc(COc3ccc(C(C)(C)C(=O)N(C(C)C)C(C)C)cc3)c2)cc1.CC(=N)c1ccc(OCc2cccc(COc3ccc(C(C)(C)CNS(=O)(=O)c4ccccc4)cc3)c2)cc1.CCN(CC)C(=O)C(C)(C)c1ccc(OCc2cccc(COc3ccc(C(C)=N)cc3)c2)cc1. The van der Waals surface area contributed by atoms with Crippen LogP contribution >= 0.6 is 0 Å². The molecule has 0 saturated heterocycles. The minimum Gasteiger partial charge on any atom is -0.489 e. The molecule has 0 spiro atoms. The summed E-state index contributed by atoms with van der Waals surface area (Å²) in [6.45, 7) is 33.8. The van der Waals surface area contributed by atoms with Gasteiger partial charge < -0.3 is 54.4 Å². The number of amides is 2. The molecule has 0 unspecified atom stereocenters. The molecule has 111 heavy (non-hydrogen) atoms. The average Bonchev–Trinajstić information content (AvgIpc) is 0.814. The fourth-order valence-corrected chi connectivity index (χ4v) is 13.6. The van der Waals surface area contributed by atoms with Crippen LogP contribution in [0.1, 0.15) is 171 Å². The Morgan fingerprint density at radius 3 is 0.892 bits per heavy atom. The molecule has 17 heteroatoms. The zero-order chi connectivity index (χ0) is 80.5. The molecule has 0 aromatic heterocycles. The number of carbonyl (C=O) groups is 2.